The van der Waals surface area contributed by atoms with Crippen molar-refractivity contribution in [2.75, 3.05) is 14.2 Å². The lowest BCUT2D eigenvalue weighted by Gasteiger charge is -2.07. The van der Waals surface area contributed by atoms with Crippen LogP contribution in [0.1, 0.15) is 11.4 Å². The number of hydrogen-bond acceptors (Lipinski definition) is 4. The number of ether oxygens (including phenoxy) is 2. The lowest BCUT2D eigenvalue weighted by Crippen LogP contribution is -1.97. The lowest BCUT2D eigenvalue weighted by molar-refractivity contribution is 0.415. The summed E-state index contributed by atoms with van der Waals surface area (Å²) in [6.07, 6.45) is 0. The molecule has 136 valence electrons. The van der Waals surface area contributed by atoms with Crippen LogP contribution < -0.4 is 9.47 Å². The van der Waals surface area contributed by atoms with Gasteiger partial charge in [0.05, 0.1) is 19.8 Å². The number of hydrogen-bond donors (Lipinski definition) is 0. The minimum Gasteiger partial charge on any atom is -0.497 e. The summed E-state index contributed by atoms with van der Waals surface area (Å²) >= 11 is 0. The fourth-order valence-corrected chi connectivity index (χ4v) is 3.32. The highest BCUT2D eigenvalue weighted by Crippen LogP contribution is 2.36. The number of rotatable bonds is 4. The molecule has 0 radical (unpaired) electrons. The average Bonchev–Trinajstić information content (AvgIpc) is 3.08. The van der Waals surface area contributed by atoms with Crippen molar-refractivity contribution in [3.05, 3.63) is 66.0 Å². The molecule has 0 N–H and O–H groups in total. The maximum atomic E-state index is 5.40. The van der Waals surface area contributed by atoms with Crippen LogP contribution in [0.2, 0.25) is 0 Å². The summed E-state index contributed by atoms with van der Waals surface area (Å²) in [4.78, 5) is 4.78. The quantitative estimate of drug-likeness (QED) is 0.530. The topological polar surface area (TPSA) is 48.7 Å². The standard InChI is InChI=1S/C22H21N3O2/c1-14-12-15(2)25-22(23-14)20(16-8-10-18(26-3)11-9-16)21(24-25)17-6-5-7-19(13-17)27-4/h5-13H,1-4H3. The van der Waals surface area contributed by atoms with E-state index in [1.54, 1.807) is 14.2 Å². The van der Waals surface area contributed by atoms with Crippen molar-refractivity contribution in [2.24, 2.45) is 0 Å². The van der Waals surface area contributed by atoms with Crippen LogP contribution in [0.4, 0.5) is 0 Å². The Kier molecular flexibility index (Phi) is 4.28. The fraction of sp³-hybridized carbons (Fsp3) is 0.182. The van der Waals surface area contributed by atoms with E-state index >= 15 is 0 Å². The molecule has 5 heteroatoms. The predicted molar refractivity (Wildman–Crippen MR) is 106 cm³/mol. The van der Waals surface area contributed by atoms with Crippen molar-refractivity contribution in [1.82, 2.24) is 14.6 Å². The van der Waals surface area contributed by atoms with Gasteiger partial charge >= 0.3 is 0 Å². The van der Waals surface area contributed by atoms with E-state index in [2.05, 4.69) is 0 Å². The van der Waals surface area contributed by atoms with Gasteiger partial charge in [0.1, 0.15) is 17.2 Å². The van der Waals surface area contributed by atoms with Crippen LogP contribution in [0.25, 0.3) is 28.0 Å². The maximum absolute atomic E-state index is 5.40. The molecule has 4 rings (SSSR count). The van der Waals surface area contributed by atoms with E-state index < -0.39 is 0 Å². The first-order chi connectivity index (χ1) is 13.1. The zero-order valence-electron chi connectivity index (χ0n) is 15.9. The van der Waals surface area contributed by atoms with Gasteiger partial charge in [-0.25, -0.2) is 9.50 Å². The summed E-state index contributed by atoms with van der Waals surface area (Å²) in [5.41, 5.74) is 6.76. The molecule has 0 aliphatic heterocycles. The molecule has 0 amide bonds. The molecule has 0 bridgehead atoms. The van der Waals surface area contributed by atoms with Gasteiger partial charge in [-0.15, -0.1) is 0 Å². The van der Waals surface area contributed by atoms with Crippen molar-refractivity contribution in [2.45, 2.75) is 13.8 Å². The van der Waals surface area contributed by atoms with E-state index in [4.69, 9.17) is 19.6 Å². The molecular formula is C22H21N3O2. The van der Waals surface area contributed by atoms with Crippen LogP contribution in [0, 0.1) is 13.8 Å². The van der Waals surface area contributed by atoms with Gasteiger partial charge in [0.25, 0.3) is 0 Å². The normalized spacial score (nSPS) is 11.0. The molecule has 0 unspecified atom stereocenters. The van der Waals surface area contributed by atoms with E-state index in [-0.39, 0.29) is 0 Å². The van der Waals surface area contributed by atoms with Gasteiger partial charge in [0, 0.05) is 17.0 Å². The Hall–Kier alpha value is -3.34. The maximum Gasteiger partial charge on any atom is 0.164 e. The number of methoxy groups -OCH3 is 2. The summed E-state index contributed by atoms with van der Waals surface area (Å²) < 4.78 is 12.6. The SMILES string of the molecule is COc1ccc(-c2c(-c3cccc(OC)c3)nn3c(C)cc(C)nc23)cc1. The summed E-state index contributed by atoms with van der Waals surface area (Å²) in [6.45, 7) is 4.05. The van der Waals surface area contributed by atoms with Gasteiger partial charge in [-0.3, -0.25) is 0 Å². The predicted octanol–water partition coefficient (Wildman–Crippen LogP) is 4.70. The Morgan fingerprint density at radius 1 is 0.815 bits per heavy atom. The minimum atomic E-state index is 0.797. The molecule has 2 aromatic carbocycles. The number of benzene rings is 2. The van der Waals surface area contributed by atoms with Gasteiger partial charge in [0.15, 0.2) is 5.65 Å². The molecule has 4 aromatic rings. The second-order valence-electron chi connectivity index (χ2n) is 6.46. The molecular weight excluding hydrogens is 338 g/mol. The third-order valence-corrected chi connectivity index (χ3v) is 4.62. The Bertz CT molecular complexity index is 1110. The Balaban J connectivity index is 2.03. The molecule has 0 saturated heterocycles. The highest BCUT2D eigenvalue weighted by Gasteiger charge is 2.19. The molecule has 0 aliphatic carbocycles. The highest BCUT2D eigenvalue weighted by atomic mass is 16.5. The number of aromatic nitrogens is 3. The summed E-state index contributed by atoms with van der Waals surface area (Å²) in [5, 5.41) is 4.89. The van der Waals surface area contributed by atoms with Crippen LogP contribution in [0.5, 0.6) is 11.5 Å². The third-order valence-electron chi connectivity index (χ3n) is 4.62. The van der Waals surface area contributed by atoms with Gasteiger partial charge in [-0.05, 0) is 49.7 Å². The van der Waals surface area contributed by atoms with Gasteiger partial charge in [-0.2, -0.15) is 5.10 Å². The number of aryl methyl sites for hydroxylation is 2. The number of nitrogens with zero attached hydrogens (tertiary/aromatic N) is 3. The van der Waals surface area contributed by atoms with E-state index in [1.807, 2.05) is 73.0 Å². The van der Waals surface area contributed by atoms with Crippen LogP contribution in [0.15, 0.2) is 54.6 Å². The molecule has 0 spiro atoms. The van der Waals surface area contributed by atoms with E-state index in [1.165, 1.54) is 0 Å². The van der Waals surface area contributed by atoms with Crippen LogP contribution in [-0.4, -0.2) is 28.8 Å². The van der Waals surface area contributed by atoms with Crippen molar-refractivity contribution >= 4 is 5.65 Å². The smallest absolute Gasteiger partial charge is 0.164 e. The van der Waals surface area contributed by atoms with Crippen molar-refractivity contribution in [3.63, 3.8) is 0 Å². The molecule has 5 nitrogen and oxygen atoms in total. The fourth-order valence-electron chi connectivity index (χ4n) is 3.32. The Morgan fingerprint density at radius 2 is 1.56 bits per heavy atom. The number of fused-ring (bicyclic) bond motifs is 1. The molecule has 0 saturated carbocycles. The molecule has 0 aliphatic rings. The zero-order valence-corrected chi connectivity index (χ0v) is 15.9. The summed E-state index contributed by atoms with van der Waals surface area (Å²) in [6, 6.07) is 18.0. The lowest BCUT2D eigenvalue weighted by atomic mass is 10.0. The van der Waals surface area contributed by atoms with E-state index in [0.29, 0.717) is 0 Å². The molecule has 27 heavy (non-hydrogen) atoms. The van der Waals surface area contributed by atoms with Crippen molar-refractivity contribution in [1.29, 1.82) is 0 Å². The average molecular weight is 359 g/mol. The van der Waals surface area contributed by atoms with Crippen LogP contribution >= 0.6 is 0 Å². The monoisotopic (exact) mass is 359 g/mol. The third kappa shape index (κ3) is 3.01. The van der Waals surface area contributed by atoms with Gasteiger partial charge in [0.2, 0.25) is 0 Å². The Morgan fingerprint density at radius 3 is 2.26 bits per heavy atom. The largest absolute Gasteiger partial charge is 0.497 e. The molecule has 2 aromatic heterocycles. The van der Waals surface area contributed by atoms with E-state index in [0.717, 1.165) is 50.9 Å². The first-order valence-electron chi connectivity index (χ1n) is 8.76. The molecule has 0 fully saturated rings. The minimum absolute atomic E-state index is 0.797. The van der Waals surface area contributed by atoms with Crippen LogP contribution in [0.3, 0.4) is 0 Å². The van der Waals surface area contributed by atoms with Gasteiger partial charge in [-0.1, -0.05) is 24.3 Å². The summed E-state index contributed by atoms with van der Waals surface area (Å²) in [7, 11) is 3.34. The van der Waals surface area contributed by atoms with Gasteiger partial charge < -0.3 is 9.47 Å². The first kappa shape index (κ1) is 17.1. The van der Waals surface area contributed by atoms with Crippen molar-refractivity contribution < 1.29 is 9.47 Å². The molecule has 2 heterocycles. The zero-order chi connectivity index (χ0) is 19.0. The Labute approximate surface area is 158 Å². The van der Waals surface area contributed by atoms with Crippen LogP contribution in [-0.2, 0) is 0 Å². The first-order valence-corrected chi connectivity index (χ1v) is 8.76. The molecule has 0 atom stereocenters. The summed E-state index contributed by atoms with van der Waals surface area (Å²) in [5.74, 6) is 1.62. The van der Waals surface area contributed by atoms with Crippen molar-refractivity contribution in [3.8, 4) is 33.9 Å². The second-order valence-corrected chi connectivity index (χ2v) is 6.46. The van der Waals surface area contributed by atoms with E-state index in [9.17, 15) is 0 Å². The highest BCUT2D eigenvalue weighted by molar-refractivity contribution is 5.91. The second kappa shape index (κ2) is 6.76.